The Balaban J connectivity index is 1.44. The molecule has 0 bridgehead atoms. The molecule has 0 N–H and O–H groups in total. The van der Waals surface area contributed by atoms with Gasteiger partial charge in [-0.1, -0.05) is 0 Å². The molecule has 1 aromatic carbocycles. The van der Waals surface area contributed by atoms with Crippen LogP contribution < -0.4 is 0 Å². The van der Waals surface area contributed by atoms with Gasteiger partial charge in [-0.2, -0.15) is 0 Å². The first-order valence-electron chi connectivity index (χ1n) is 8.88. The number of benzene rings is 1. The number of hydrogen-bond acceptors (Lipinski definition) is 5. The summed E-state index contributed by atoms with van der Waals surface area (Å²) in [5, 5.41) is 0.687. The van der Waals surface area contributed by atoms with Gasteiger partial charge in [0.15, 0.2) is 5.76 Å². The minimum atomic E-state index is -0.310. The van der Waals surface area contributed by atoms with Crippen LogP contribution in [-0.2, 0) is 0 Å². The van der Waals surface area contributed by atoms with E-state index in [0.717, 1.165) is 5.56 Å². The van der Waals surface area contributed by atoms with Crippen molar-refractivity contribution >= 4 is 23.2 Å². The number of halogens is 1. The van der Waals surface area contributed by atoms with Crippen LogP contribution in [0.15, 0.2) is 47.1 Å². The Morgan fingerprint density at radius 1 is 1.04 bits per heavy atom. The summed E-state index contributed by atoms with van der Waals surface area (Å²) in [6.45, 7) is 3.61. The zero-order chi connectivity index (χ0) is 19.7. The largest absolute Gasteiger partial charge is 0.459 e. The number of aromatic nitrogens is 1. The van der Waals surface area contributed by atoms with Crippen molar-refractivity contribution in [1.82, 2.24) is 14.8 Å². The van der Waals surface area contributed by atoms with E-state index >= 15 is 0 Å². The molecule has 2 amide bonds. The summed E-state index contributed by atoms with van der Waals surface area (Å²) in [6.07, 6.45) is 1.47. The number of nitrogens with zero attached hydrogens (tertiary/aromatic N) is 3. The van der Waals surface area contributed by atoms with Gasteiger partial charge in [0.05, 0.1) is 12.0 Å². The van der Waals surface area contributed by atoms with Crippen molar-refractivity contribution in [1.29, 1.82) is 0 Å². The van der Waals surface area contributed by atoms with Crippen LogP contribution in [0.4, 0.5) is 4.39 Å². The molecule has 0 radical (unpaired) electrons. The topological polar surface area (TPSA) is 66.7 Å². The molecule has 1 aliphatic heterocycles. The lowest BCUT2D eigenvalue weighted by Crippen LogP contribution is -2.50. The van der Waals surface area contributed by atoms with Gasteiger partial charge in [0.2, 0.25) is 0 Å². The molecule has 1 aliphatic rings. The first-order chi connectivity index (χ1) is 13.5. The molecule has 28 heavy (non-hydrogen) atoms. The maximum absolute atomic E-state index is 13.1. The van der Waals surface area contributed by atoms with E-state index in [4.69, 9.17) is 4.42 Å². The van der Waals surface area contributed by atoms with Crippen LogP contribution in [0.3, 0.4) is 0 Å². The first kappa shape index (κ1) is 18.4. The van der Waals surface area contributed by atoms with Gasteiger partial charge in [0, 0.05) is 31.7 Å². The number of carbonyl (C=O) groups is 2. The van der Waals surface area contributed by atoms with Crippen molar-refractivity contribution in [2.75, 3.05) is 26.2 Å². The normalized spacial score (nSPS) is 14.4. The number of carbonyl (C=O) groups excluding carboxylic acids is 2. The highest BCUT2D eigenvalue weighted by molar-refractivity contribution is 7.17. The lowest BCUT2D eigenvalue weighted by molar-refractivity contribution is 0.0520. The molecule has 6 nitrogen and oxygen atoms in total. The van der Waals surface area contributed by atoms with Gasteiger partial charge in [-0.3, -0.25) is 9.59 Å². The van der Waals surface area contributed by atoms with E-state index in [-0.39, 0.29) is 17.6 Å². The molecule has 2 aromatic heterocycles. The molecule has 0 aliphatic carbocycles. The van der Waals surface area contributed by atoms with Crippen LogP contribution in [0, 0.1) is 12.7 Å². The van der Waals surface area contributed by atoms with Gasteiger partial charge < -0.3 is 14.2 Å². The summed E-state index contributed by atoms with van der Waals surface area (Å²) in [4.78, 5) is 33.8. The summed E-state index contributed by atoms with van der Waals surface area (Å²) in [5.74, 6) is -0.254. The third kappa shape index (κ3) is 3.55. The van der Waals surface area contributed by atoms with Gasteiger partial charge in [-0.15, -0.1) is 11.3 Å². The molecule has 0 spiro atoms. The van der Waals surface area contributed by atoms with Crippen LogP contribution in [-0.4, -0.2) is 52.8 Å². The average Bonchev–Trinajstić information content (AvgIpc) is 3.38. The fourth-order valence-corrected chi connectivity index (χ4v) is 4.16. The molecule has 1 fully saturated rings. The van der Waals surface area contributed by atoms with Crippen LogP contribution >= 0.6 is 11.3 Å². The lowest BCUT2D eigenvalue weighted by Gasteiger charge is -2.34. The third-order valence-electron chi connectivity index (χ3n) is 4.67. The van der Waals surface area contributed by atoms with Gasteiger partial charge in [-0.25, -0.2) is 9.37 Å². The minimum absolute atomic E-state index is 0.0894. The van der Waals surface area contributed by atoms with Gasteiger partial charge in [0.25, 0.3) is 11.8 Å². The number of hydrogen-bond donors (Lipinski definition) is 0. The summed E-state index contributed by atoms with van der Waals surface area (Å²) >= 11 is 1.31. The summed E-state index contributed by atoms with van der Waals surface area (Å²) in [7, 11) is 0. The number of aryl methyl sites for hydroxylation is 1. The number of thiazole rings is 1. The summed E-state index contributed by atoms with van der Waals surface area (Å²) < 4.78 is 18.3. The predicted octanol–water partition coefficient (Wildman–Crippen LogP) is 3.45. The second-order valence-electron chi connectivity index (χ2n) is 6.50. The van der Waals surface area contributed by atoms with Crippen LogP contribution in [0.25, 0.3) is 10.6 Å². The Kier molecular flexibility index (Phi) is 4.95. The molecule has 8 heteroatoms. The Morgan fingerprint density at radius 3 is 2.29 bits per heavy atom. The van der Waals surface area contributed by atoms with Crippen LogP contribution in [0.2, 0.25) is 0 Å². The fraction of sp³-hybridized carbons (Fsp3) is 0.250. The van der Waals surface area contributed by atoms with E-state index < -0.39 is 0 Å². The highest BCUT2D eigenvalue weighted by atomic mass is 32.1. The molecule has 1 saturated heterocycles. The monoisotopic (exact) mass is 399 g/mol. The Bertz CT molecular complexity index is 990. The number of piperazine rings is 1. The Morgan fingerprint density at radius 2 is 1.68 bits per heavy atom. The molecule has 4 rings (SSSR count). The number of rotatable bonds is 3. The molecule has 3 aromatic rings. The second-order valence-corrected chi connectivity index (χ2v) is 7.50. The zero-order valence-corrected chi connectivity index (χ0v) is 16.0. The fourth-order valence-electron chi connectivity index (χ4n) is 3.12. The van der Waals surface area contributed by atoms with Crippen molar-refractivity contribution < 1.29 is 18.4 Å². The molecule has 0 atom stereocenters. The van der Waals surface area contributed by atoms with E-state index in [0.29, 0.717) is 47.5 Å². The van der Waals surface area contributed by atoms with Crippen molar-refractivity contribution in [3.8, 4) is 10.6 Å². The predicted molar refractivity (Wildman–Crippen MR) is 103 cm³/mol. The zero-order valence-electron chi connectivity index (χ0n) is 15.2. The van der Waals surface area contributed by atoms with Crippen molar-refractivity contribution in [2.45, 2.75) is 6.92 Å². The lowest BCUT2D eigenvalue weighted by atomic mass is 10.2. The van der Waals surface area contributed by atoms with E-state index in [9.17, 15) is 14.0 Å². The number of furan rings is 1. The maximum atomic E-state index is 13.1. The van der Waals surface area contributed by atoms with Crippen molar-refractivity contribution in [3.05, 3.63) is 64.8 Å². The smallest absolute Gasteiger partial charge is 0.289 e. The van der Waals surface area contributed by atoms with Crippen LogP contribution in [0.1, 0.15) is 25.9 Å². The van der Waals surface area contributed by atoms with Crippen molar-refractivity contribution in [3.63, 3.8) is 0 Å². The molecule has 144 valence electrons. The minimum Gasteiger partial charge on any atom is -0.459 e. The highest BCUT2D eigenvalue weighted by Crippen LogP contribution is 2.29. The highest BCUT2D eigenvalue weighted by Gasteiger charge is 2.28. The Labute approximate surface area is 165 Å². The molecule has 0 saturated carbocycles. The van der Waals surface area contributed by atoms with Gasteiger partial charge >= 0.3 is 0 Å². The average molecular weight is 399 g/mol. The van der Waals surface area contributed by atoms with Gasteiger partial charge in [0.1, 0.15) is 15.7 Å². The first-order valence-corrected chi connectivity index (χ1v) is 9.70. The van der Waals surface area contributed by atoms with E-state index in [1.807, 2.05) is 0 Å². The van der Waals surface area contributed by atoms with Gasteiger partial charge in [-0.05, 0) is 43.3 Å². The number of amides is 2. The molecule has 0 unspecified atom stereocenters. The SMILES string of the molecule is Cc1nc(-c2ccc(F)cc2)sc1C(=O)N1CCN(C(=O)c2ccco2)CC1. The summed E-state index contributed by atoms with van der Waals surface area (Å²) in [6, 6.07) is 9.38. The van der Waals surface area contributed by atoms with E-state index in [1.54, 1.807) is 41.0 Å². The van der Waals surface area contributed by atoms with Crippen LogP contribution in [0.5, 0.6) is 0 Å². The molecular formula is C20H18FN3O3S. The summed E-state index contributed by atoms with van der Waals surface area (Å²) in [5.41, 5.74) is 1.44. The van der Waals surface area contributed by atoms with E-state index in [1.165, 1.54) is 29.7 Å². The quantitative estimate of drug-likeness (QED) is 0.677. The Hall–Kier alpha value is -3.00. The van der Waals surface area contributed by atoms with E-state index in [2.05, 4.69) is 4.98 Å². The third-order valence-corrected chi connectivity index (χ3v) is 5.86. The van der Waals surface area contributed by atoms with Crippen molar-refractivity contribution in [2.24, 2.45) is 0 Å². The molecular weight excluding hydrogens is 381 g/mol. The maximum Gasteiger partial charge on any atom is 0.289 e. The second kappa shape index (κ2) is 7.55. The molecule has 3 heterocycles. The standard InChI is InChI=1S/C20H18FN3O3S/c1-13-17(28-18(22-13)14-4-6-15(21)7-5-14)20(26)24-10-8-23(9-11-24)19(25)16-3-2-12-27-16/h2-7,12H,8-11H2,1H3.